The largest absolute Gasteiger partial charge is 0.462 e. The lowest BCUT2D eigenvalue weighted by molar-refractivity contribution is -0.144. The molecule has 2 saturated heterocycles. The molecule has 0 spiro atoms. The van der Waals surface area contributed by atoms with E-state index in [2.05, 4.69) is 17.1 Å². The van der Waals surface area contributed by atoms with Gasteiger partial charge < -0.3 is 9.47 Å². The molecule has 5 rings (SSSR count). The number of hydrogen-bond acceptors (Lipinski definition) is 4. The van der Waals surface area contributed by atoms with Crippen LogP contribution in [0.2, 0.25) is 10.0 Å². The predicted octanol–water partition coefficient (Wildman–Crippen LogP) is 5.92. The first kappa shape index (κ1) is 21.0. The van der Waals surface area contributed by atoms with Crippen LogP contribution in [0.4, 0.5) is 0 Å². The van der Waals surface area contributed by atoms with Crippen molar-refractivity contribution in [3.8, 4) is 11.1 Å². The molecule has 0 radical (unpaired) electrons. The molecule has 3 aliphatic rings. The maximum Gasteiger partial charge on any atom is 0.309 e. The number of ether oxygens (including phenoxy) is 2. The molecule has 2 aliphatic heterocycles. The van der Waals surface area contributed by atoms with Gasteiger partial charge in [0.25, 0.3) is 0 Å². The second-order valence-electron chi connectivity index (χ2n) is 8.86. The summed E-state index contributed by atoms with van der Waals surface area (Å²) in [5.41, 5.74) is 2.67. The van der Waals surface area contributed by atoms with Gasteiger partial charge in [0.1, 0.15) is 6.10 Å². The molecule has 3 heterocycles. The summed E-state index contributed by atoms with van der Waals surface area (Å²) in [6.07, 6.45) is 8.03. The summed E-state index contributed by atoms with van der Waals surface area (Å²) < 4.78 is 11.4. The number of rotatable bonds is 3. The summed E-state index contributed by atoms with van der Waals surface area (Å²) in [6, 6.07) is 9.60. The quantitative estimate of drug-likeness (QED) is 0.536. The van der Waals surface area contributed by atoms with Crippen molar-refractivity contribution < 1.29 is 14.3 Å². The number of carbonyl (C=O) groups excluding carboxylic acids is 1. The summed E-state index contributed by atoms with van der Waals surface area (Å²) in [5.74, 6) is 1.40. The van der Waals surface area contributed by atoms with Crippen molar-refractivity contribution in [1.29, 1.82) is 0 Å². The zero-order valence-corrected chi connectivity index (χ0v) is 18.9. The van der Waals surface area contributed by atoms with Crippen molar-refractivity contribution >= 4 is 35.2 Å². The van der Waals surface area contributed by atoms with E-state index < -0.39 is 0 Å². The van der Waals surface area contributed by atoms with E-state index in [0.29, 0.717) is 21.9 Å². The van der Waals surface area contributed by atoms with Crippen LogP contribution in [0.5, 0.6) is 0 Å². The van der Waals surface area contributed by atoms with E-state index in [-0.39, 0.29) is 29.8 Å². The lowest BCUT2D eigenvalue weighted by Gasteiger charge is -2.45. The molecule has 0 unspecified atom stereocenters. The molecule has 31 heavy (non-hydrogen) atoms. The number of esters is 1. The first-order valence-electron chi connectivity index (χ1n) is 10.9. The molecule has 162 valence electrons. The van der Waals surface area contributed by atoms with Gasteiger partial charge in [-0.25, -0.2) is 0 Å². The zero-order chi connectivity index (χ0) is 21.5. The minimum atomic E-state index is -0.0451. The number of fused-ring (bicyclic) bond motifs is 2. The van der Waals surface area contributed by atoms with Crippen molar-refractivity contribution in [2.24, 2.45) is 29.6 Å². The van der Waals surface area contributed by atoms with E-state index in [1.807, 2.05) is 37.4 Å². The van der Waals surface area contributed by atoms with Gasteiger partial charge in [-0.05, 0) is 55.7 Å². The van der Waals surface area contributed by atoms with Crippen molar-refractivity contribution in [3.05, 3.63) is 58.3 Å². The van der Waals surface area contributed by atoms with Crippen LogP contribution in [0.15, 0.2) is 42.6 Å². The number of allylic oxidation sites excluding steroid dienone is 1. The predicted molar refractivity (Wildman–Crippen MR) is 122 cm³/mol. The number of hydrogen-bond donors (Lipinski definition) is 0. The molecule has 1 saturated carbocycles. The zero-order valence-electron chi connectivity index (χ0n) is 17.3. The molecular formula is C25H25Cl2NO3. The topological polar surface area (TPSA) is 48.4 Å². The summed E-state index contributed by atoms with van der Waals surface area (Å²) in [4.78, 5) is 17.0. The lowest BCUT2D eigenvalue weighted by atomic mass is 9.60. The SMILES string of the molecule is C[C@H]1OC(=O)[C@@H]2C[C@@H]3COCC[C@H]3[C@H](/C=C/c3ccc(-c4cccc(Cl)c4Cl)cn3)[C@H]12. The van der Waals surface area contributed by atoms with Crippen molar-refractivity contribution in [2.45, 2.75) is 25.9 Å². The molecule has 0 amide bonds. The molecule has 4 nitrogen and oxygen atoms in total. The second-order valence-corrected chi connectivity index (χ2v) is 9.64. The monoisotopic (exact) mass is 457 g/mol. The fraction of sp³-hybridized carbons (Fsp3) is 0.440. The fourth-order valence-corrected chi connectivity index (χ4v) is 6.12. The number of halogens is 2. The number of carbonyl (C=O) groups is 1. The van der Waals surface area contributed by atoms with Gasteiger partial charge in [-0.15, -0.1) is 0 Å². The maximum absolute atomic E-state index is 12.4. The minimum absolute atomic E-state index is 0.0205. The van der Waals surface area contributed by atoms with Gasteiger partial charge in [-0.2, -0.15) is 0 Å². The molecule has 0 bridgehead atoms. The molecule has 1 aromatic heterocycles. The third-order valence-electron chi connectivity index (χ3n) is 7.18. The Morgan fingerprint density at radius 1 is 1.19 bits per heavy atom. The fourth-order valence-electron chi connectivity index (χ4n) is 5.71. The van der Waals surface area contributed by atoms with Crippen LogP contribution in [-0.4, -0.2) is 30.3 Å². The summed E-state index contributed by atoms with van der Waals surface area (Å²) in [6.45, 7) is 3.57. The lowest BCUT2D eigenvalue weighted by Crippen LogP contribution is -2.45. The minimum Gasteiger partial charge on any atom is -0.462 e. The molecule has 0 N–H and O–H groups in total. The molecule has 6 atom stereocenters. The Hall–Kier alpha value is -1.88. The Kier molecular flexibility index (Phi) is 5.80. The number of benzene rings is 1. The standard InChI is InChI=1S/C25H25Cl2NO3/c1-14-23-20(18-9-10-30-13-16(18)11-21(23)25(29)31-14)8-7-17-6-5-15(12-28-17)19-3-2-4-22(26)24(19)27/h2-8,12,14,16,18,20-21,23H,9-11,13H2,1H3/b8-7+/t14-,16-,18-,20+,21-,23+/m1/s1. The summed E-state index contributed by atoms with van der Waals surface area (Å²) >= 11 is 12.5. The van der Waals surface area contributed by atoms with Crippen LogP contribution in [0.3, 0.4) is 0 Å². The van der Waals surface area contributed by atoms with E-state index >= 15 is 0 Å². The summed E-state index contributed by atoms with van der Waals surface area (Å²) in [7, 11) is 0. The first-order chi connectivity index (χ1) is 15.0. The Labute approximate surface area is 192 Å². The van der Waals surface area contributed by atoms with Gasteiger partial charge in [0.2, 0.25) is 0 Å². The Morgan fingerprint density at radius 2 is 2.06 bits per heavy atom. The van der Waals surface area contributed by atoms with Crippen LogP contribution in [0, 0.1) is 29.6 Å². The van der Waals surface area contributed by atoms with Crippen molar-refractivity contribution in [3.63, 3.8) is 0 Å². The van der Waals surface area contributed by atoms with Gasteiger partial charge in [0, 0.05) is 36.5 Å². The van der Waals surface area contributed by atoms with Gasteiger partial charge in [-0.3, -0.25) is 9.78 Å². The average Bonchev–Trinajstić information content (AvgIpc) is 3.07. The Balaban J connectivity index is 1.40. The third-order valence-corrected chi connectivity index (χ3v) is 8.00. The second kappa shape index (κ2) is 8.57. The molecule has 1 aliphatic carbocycles. The van der Waals surface area contributed by atoms with Crippen LogP contribution in [-0.2, 0) is 14.3 Å². The normalized spacial score (nSPS) is 32.5. The highest BCUT2D eigenvalue weighted by atomic mass is 35.5. The van der Waals surface area contributed by atoms with Crippen LogP contribution in [0.1, 0.15) is 25.5 Å². The smallest absolute Gasteiger partial charge is 0.309 e. The van der Waals surface area contributed by atoms with Gasteiger partial charge >= 0.3 is 5.97 Å². The average molecular weight is 458 g/mol. The highest BCUT2D eigenvalue weighted by Crippen LogP contribution is 2.51. The van der Waals surface area contributed by atoms with E-state index in [1.54, 1.807) is 6.07 Å². The van der Waals surface area contributed by atoms with E-state index in [9.17, 15) is 4.79 Å². The van der Waals surface area contributed by atoms with Gasteiger partial charge in [-0.1, -0.05) is 47.5 Å². The van der Waals surface area contributed by atoms with Crippen LogP contribution >= 0.6 is 23.2 Å². The van der Waals surface area contributed by atoms with Crippen molar-refractivity contribution in [1.82, 2.24) is 4.98 Å². The van der Waals surface area contributed by atoms with Crippen LogP contribution in [0.25, 0.3) is 17.2 Å². The molecular weight excluding hydrogens is 433 g/mol. The molecule has 2 aromatic rings. The molecule has 3 fully saturated rings. The molecule has 1 aromatic carbocycles. The number of nitrogens with zero attached hydrogens (tertiary/aromatic N) is 1. The number of pyridine rings is 1. The van der Waals surface area contributed by atoms with E-state index in [0.717, 1.165) is 42.9 Å². The number of cyclic esters (lactones) is 1. The maximum atomic E-state index is 12.4. The Bertz CT molecular complexity index is 1010. The number of aromatic nitrogens is 1. The van der Waals surface area contributed by atoms with E-state index in [4.69, 9.17) is 32.7 Å². The highest BCUT2D eigenvalue weighted by molar-refractivity contribution is 6.43. The highest BCUT2D eigenvalue weighted by Gasteiger charge is 2.54. The first-order valence-corrected chi connectivity index (χ1v) is 11.7. The molecule has 6 heteroatoms. The van der Waals surface area contributed by atoms with Gasteiger partial charge in [0.05, 0.1) is 21.7 Å². The third kappa shape index (κ3) is 3.90. The van der Waals surface area contributed by atoms with Gasteiger partial charge in [0.15, 0.2) is 0 Å². The van der Waals surface area contributed by atoms with Crippen molar-refractivity contribution in [2.75, 3.05) is 13.2 Å². The summed E-state index contributed by atoms with van der Waals surface area (Å²) in [5, 5.41) is 1.07. The Morgan fingerprint density at radius 3 is 2.87 bits per heavy atom. The van der Waals surface area contributed by atoms with Crippen LogP contribution < -0.4 is 0 Å². The van der Waals surface area contributed by atoms with E-state index in [1.165, 1.54) is 0 Å².